The van der Waals surface area contributed by atoms with E-state index in [0.717, 1.165) is 30.3 Å². The van der Waals surface area contributed by atoms with E-state index >= 15 is 0 Å². The SMILES string of the molecule is CC1CCN(c2ccncc2CO)C1. The number of hydrogen-bond acceptors (Lipinski definition) is 3. The molecular weight excluding hydrogens is 176 g/mol. The molecule has 0 spiro atoms. The highest BCUT2D eigenvalue weighted by molar-refractivity contribution is 5.52. The van der Waals surface area contributed by atoms with Crippen molar-refractivity contribution in [3.63, 3.8) is 0 Å². The Hall–Kier alpha value is -1.09. The molecule has 0 aromatic carbocycles. The average molecular weight is 192 g/mol. The Kier molecular flexibility index (Phi) is 2.68. The smallest absolute Gasteiger partial charge is 0.0717 e. The fourth-order valence-electron chi connectivity index (χ4n) is 2.00. The average Bonchev–Trinajstić information content (AvgIpc) is 2.65. The van der Waals surface area contributed by atoms with E-state index in [-0.39, 0.29) is 6.61 Å². The Bertz CT molecular complexity index is 314. The van der Waals surface area contributed by atoms with E-state index in [1.165, 1.54) is 6.42 Å². The van der Waals surface area contributed by atoms with E-state index in [0.29, 0.717) is 0 Å². The first-order valence-electron chi connectivity index (χ1n) is 5.10. The van der Waals surface area contributed by atoms with Crippen LogP contribution in [-0.2, 0) is 6.61 Å². The van der Waals surface area contributed by atoms with Crippen molar-refractivity contribution < 1.29 is 5.11 Å². The van der Waals surface area contributed by atoms with Crippen LogP contribution in [0.2, 0.25) is 0 Å². The van der Waals surface area contributed by atoms with E-state index in [4.69, 9.17) is 0 Å². The Morgan fingerprint density at radius 2 is 2.50 bits per heavy atom. The third-order valence-corrected chi connectivity index (χ3v) is 2.81. The molecule has 1 saturated heterocycles. The van der Waals surface area contributed by atoms with Gasteiger partial charge in [0.1, 0.15) is 0 Å². The Morgan fingerprint density at radius 1 is 1.64 bits per heavy atom. The second-order valence-electron chi connectivity index (χ2n) is 4.00. The van der Waals surface area contributed by atoms with Crippen molar-refractivity contribution in [2.24, 2.45) is 5.92 Å². The first-order valence-corrected chi connectivity index (χ1v) is 5.10. The molecule has 2 rings (SSSR count). The Morgan fingerprint density at radius 3 is 3.14 bits per heavy atom. The molecule has 1 aromatic heterocycles. The maximum atomic E-state index is 9.18. The van der Waals surface area contributed by atoms with Crippen LogP contribution in [0, 0.1) is 5.92 Å². The molecule has 1 aliphatic rings. The van der Waals surface area contributed by atoms with Crippen molar-refractivity contribution in [1.82, 2.24) is 4.98 Å². The summed E-state index contributed by atoms with van der Waals surface area (Å²) in [5.74, 6) is 0.759. The van der Waals surface area contributed by atoms with Crippen LogP contribution >= 0.6 is 0 Å². The van der Waals surface area contributed by atoms with Crippen LogP contribution in [0.4, 0.5) is 5.69 Å². The maximum absolute atomic E-state index is 9.18. The molecule has 3 heteroatoms. The lowest BCUT2D eigenvalue weighted by molar-refractivity contribution is 0.281. The molecule has 0 bridgehead atoms. The standard InChI is InChI=1S/C11H16N2O/c1-9-3-5-13(7-9)11-2-4-12-6-10(11)8-14/h2,4,6,9,14H,3,5,7-8H2,1H3. The van der Waals surface area contributed by atoms with Gasteiger partial charge in [0.25, 0.3) is 0 Å². The fraction of sp³-hybridized carbons (Fsp3) is 0.545. The van der Waals surface area contributed by atoms with Crippen LogP contribution < -0.4 is 4.90 Å². The van der Waals surface area contributed by atoms with E-state index in [9.17, 15) is 5.11 Å². The number of nitrogens with zero attached hydrogens (tertiary/aromatic N) is 2. The van der Waals surface area contributed by atoms with Gasteiger partial charge in [-0.1, -0.05) is 6.92 Å². The number of aliphatic hydroxyl groups is 1. The number of aromatic nitrogens is 1. The second kappa shape index (κ2) is 3.96. The lowest BCUT2D eigenvalue weighted by Gasteiger charge is -2.20. The van der Waals surface area contributed by atoms with Crippen LogP contribution in [0.5, 0.6) is 0 Å². The highest BCUT2D eigenvalue weighted by Gasteiger charge is 2.20. The molecule has 1 N–H and O–H groups in total. The number of aliphatic hydroxyl groups excluding tert-OH is 1. The molecular formula is C11H16N2O. The van der Waals surface area contributed by atoms with E-state index in [1.54, 1.807) is 12.4 Å². The zero-order valence-electron chi connectivity index (χ0n) is 8.48. The summed E-state index contributed by atoms with van der Waals surface area (Å²) in [7, 11) is 0. The molecule has 1 aromatic rings. The number of anilines is 1. The normalized spacial score (nSPS) is 21.6. The highest BCUT2D eigenvalue weighted by atomic mass is 16.3. The lowest BCUT2D eigenvalue weighted by atomic mass is 10.2. The predicted octanol–water partition coefficient (Wildman–Crippen LogP) is 1.42. The molecule has 1 atom stereocenters. The first kappa shape index (κ1) is 9.46. The van der Waals surface area contributed by atoms with Gasteiger partial charge in [0.15, 0.2) is 0 Å². The number of pyridine rings is 1. The van der Waals surface area contributed by atoms with Crippen LogP contribution in [0.1, 0.15) is 18.9 Å². The van der Waals surface area contributed by atoms with Gasteiger partial charge in [-0.15, -0.1) is 0 Å². The molecule has 14 heavy (non-hydrogen) atoms. The van der Waals surface area contributed by atoms with Crippen LogP contribution in [-0.4, -0.2) is 23.2 Å². The van der Waals surface area contributed by atoms with Gasteiger partial charge in [-0.3, -0.25) is 4.98 Å². The third kappa shape index (κ3) is 1.73. The van der Waals surface area contributed by atoms with E-state index < -0.39 is 0 Å². The molecule has 0 radical (unpaired) electrons. The van der Waals surface area contributed by atoms with Gasteiger partial charge < -0.3 is 10.0 Å². The Balaban J connectivity index is 2.22. The first-order chi connectivity index (χ1) is 6.81. The number of hydrogen-bond donors (Lipinski definition) is 1. The third-order valence-electron chi connectivity index (χ3n) is 2.81. The van der Waals surface area contributed by atoms with E-state index in [1.807, 2.05) is 6.07 Å². The largest absolute Gasteiger partial charge is 0.392 e. The highest BCUT2D eigenvalue weighted by Crippen LogP contribution is 2.25. The quantitative estimate of drug-likeness (QED) is 0.770. The van der Waals surface area contributed by atoms with Gasteiger partial charge in [0.2, 0.25) is 0 Å². The molecule has 1 unspecified atom stereocenters. The van der Waals surface area contributed by atoms with Gasteiger partial charge in [-0.2, -0.15) is 0 Å². The fourth-order valence-corrected chi connectivity index (χ4v) is 2.00. The van der Waals surface area contributed by atoms with Crippen LogP contribution in [0.25, 0.3) is 0 Å². The summed E-state index contributed by atoms with van der Waals surface area (Å²) in [6, 6.07) is 1.99. The Labute approximate surface area is 84.4 Å². The molecule has 0 amide bonds. The molecule has 3 nitrogen and oxygen atoms in total. The van der Waals surface area contributed by atoms with Crippen LogP contribution in [0.3, 0.4) is 0 Å². The van der Waals surface area contributed by atoms with Crippen molar-refractivity contribution in [1.29, 1.82) is 0 Å². The van der Waals surface area contributed by atoms with Gasteiger partial charge in [0.05, 0.1) is 6.61 Å². The van der Waals surface area contributed by atoms with E-state index in [2.05, 4.69) is 16.8 Å². The summed E-state index contributed by atoms with van der Waals surface area (Å²) in [6.07, 6.45) is 4.78. The minimum absolute atomic E-state index is 0.0774. The van der Waals surface area contributed by atoms with Crippen molar-refractivity contribution in [3.05, 3.63) is 24.0 Å². The van der Waals surface area contributed by atoms with Gasteiger partial charge >= 0.3 is 0 Å². The molecule has 0 saturated carbocycles. The van der Waals surface area contributed by atoms with Crippen molar-refractivity contribution in [2.45, 2.75) is 20.0 Å². The zero-order valence-corrected chi connectivity index (χ0v) is 8.48. The van der Waals surface area contributed by atoms with Gasteiger partial charge in [-0.25, -0.2) is 0 Å². The molecule has 0 aliphatic carbocycles. The summed E-state index contributed by atoms with van der Waals surface area (Å²) in [5.41, 5.74) is 2.08. The topological polar surface area (TPSA) is 36.4 Å². The lowest BCUT2D eigenvalue weighted by Crippen LogP contribution is -2.20. The number of rotatable bonds is 2. The van der Waals surface area contributed by atoms with Crippen molar-refractivity contribution in [2.75, 3.05) is 18.0 Å². The zero-order chi connectivity index (χ0) is 9.97. The summed E-state index contributed by atoms with van der Waals surface area (Å²) < 4.78 is 0. The second-order valence-corrected chi connectivity index (χ2v) is 4.00. The minimum Gasteiger partial charge on any atom is -0.392 e. The van der Waals surface area contributed by atoms with Crippen LogP contribution in [0.15, 0.2) is 18.5 Å². The molecule has 2 heterocycles. The summed E-state index contributed by atoms with van der Waals surface area (Å²) in [6.45, 7) is 4.53. The van der Waals surface area contributed by atoms with Gasteiger partial charge in [0, 0.05) is 36.7 Å². The predicted molar refractivity (Wildman–Crippen MR) is 56.2 cm³/mol. The van der Waals surface area contributed by atoms with Gasteiger partial charge in [-0.05, 0) is 18.4 Å². The van der Waals surface area contributed by atoms with Crippen molar-refractivity contribution in [3.8, 4) is 0 Å². The maximum Gasteiger partial charge on any atom is 0.0717 e. The summed E-state index contributed by atoms with van der Waals surface area (Å²) in [5, 5.41) is 9.18. The molecule has 76 valence electrons. The molecule has 1 aliphatic heterocycles. The monoisotopic (exact) mass is 192 g/mol. The summed E-state index contributed by atoms with van der Waals surface area (Å²) in [4.78, 5) is 6.35. The van der Waals surface area contributed by atoms with Crippen molar-refractivity contribution >= 4 is 5.69 Å². The summed E-state index contributed by atoms with van der Waals surface area (Å²) >= 11 is 0. The molecule has 1 fully saturated rings. The minimum atomic E-state index is 0.0774.